The quantitative estimate of drug-likeness (QED) is 0.741. The van der Waals surface area contributed by atoms with E-state index in [0.29, 0.717) is 11.1 Å². The highest BCUT2D eigenvalue weighted by atomic mass is 35.5. The highest BCUT2D eigenvalue weighted by Crippen LogP contribution is 2.31. The lowest BCUT2D eigenvalue weighted by atomic mass is 10.1. The molecule has 2 aromatic carbocycles. The summed E-state index contributed by atoms with van der Waals surface area (Å²) in [7, 11) is -3.90. The van der Waals surface area contributed by atoms with Gasteiger partial charge in [-0.2, -0.15) is 4.31 Å². The third-order valence-electron chi connectivity index (χ3n) is 4.53. The summed E-state index contributed by atoms with van der Waals surface area (Å²) < 4.78 is 45.7. The smallest absolute Gasteiger partial charge is 0.253 e. The van der Waals surface area contributed by atoms with Crippen molar-refractivity contribution >= 4 is 39.1 Å². The van der Waals surface area contributed by atoms with Gasteiger partial charge in [-0.05, 0) is 36.2 Å². The number of ether oxygens (including phenoxy) is 1. The van der Waals surface area contributed by atoms with Gasteiger partial charge in [-0.3, -0.25) is 4.79 Å². The molecule has 1 saturated heterocycles. The molecule has 0 aromatic heterocycles. The number of benzene rings is 2. The molecule has 2 aromatic rings. The first-order chi connectivity index (χ1) is 13.7. The molecule has 1 fully saturated rings. The molecule has 1 heterocycles. The summed E-state index contributed by atoms with van der Waals surface area (Å²) in [5.74, 6) is -0.897. The van der Waals surface area contributed by atoms with E-state index in [0.717, 1.165) is 0 Å². The number of rotatable bonds is 5. The monoisotopic (exact) mass is 460 g/mol. The van der Waals surface area contributed by atoms with Gasteiger partial charge in [0.1, 0.15) is 10.7 Å². The SMILES string of the molecule is Cc1cc(CNC(=O)c2cc(S(=O)(=O)N3CCOCC3)c(Cl)cc2Cl)ccc1F. The van der Waals surface area contributed by atoms with Crippen molar-refractivity contribution in [2.75, 3.05) is 26.3 Å². The third-order valence-corrected chi connectivity index (χ3v) is 7.21. The van der Waals surface area contributed by atoms with Crippen LogP contribution in [-0.2, 0) is 21.3 Å². The Morgan fingerprint density at radius 2 is 1.86 bits per heavy atom. The Morgan fingerprint density at radius 1 is 1.17 bits per heavy atom. The lowest BCUT2D eigenvalue weighted by Crippen LogP contribution is -2.40. The van der Waals surface area contributed by atoms with Crippen molar-refractivity contribution in [3.63, 3.8) is 0 Å². The third kappa shape index (κ3) is 4.90. The van der Waals surface area contributed by atoms with Gasteiger partial charge in [0.2, 0.25) is 10.0 Å². The fourth-order valence-corrected chi connectivity index (χ4v) is 5.16. The van der Waals surface area contributed by atoms with Crippen LogP contribution in [0.25, 0.3) is 0 Å². The number of carbonyl (C=O) groups excluding carboxylic acids is 1. The van der Waals surface area contributed by atoms with E-state index in [2.05, 4.69) is 5.32 Å². The van der Waals surface area contributed by atoms with Crippen LogP contribution in [0.5, 0.6) is 0 Å². The van der Waals surface area contributed by atoms with Crippen LogP contribution in [0, 0.1) is 12.7 Å². The number of nitrogens with one attached hydrogen (secondary N) is 1. The molecule has 0 unspecified atom stereocenters. The number of nitrogens with zero attached hydrogens (tertiary/aromatic N) is 1. The van der Waals surface area contributed by atoms with Crippen molar-refractivity contribution in [2.24, 2.45) is 0 Å². The minimum atomic E-state index is -3.90. The molecule has 1 aliphatic heterocycles. The van der Waals surface area contributed by atoms with Gasteiger partial charge in [-0.25, -0.2) is 12.8 Å². The molecule has 1 N–H and O–H groups in total. The molecule has 0 aliphatic carbocycles. The van der Waals surface area contributed by atoms with Gasteiger partial charge in [0.05, 0.1) is 28.8 Å². The fraction of sp³-hybridized carbons (Fsp3) is 0.316. The van der Waals surface area contributed by atoms with E-state index in [9.17, 15) is 17.6 Å². The molecule has 6 nitrogen and oxygen atoms in total. The van der Waals surface area contributed by atoms with Crippen molar-refractivity contribution in [3.8, 4) is 0 Å². The summed E-state index contributed by atoms with van der Waals surface area (Å²) in [5.41, 5.74) is 1.14. The summed E-state index contributed by atoms with van der Waals surface area (Å²) in [5, 5.41) is 2.63. The van der Waals surface area contributed by atoms with Crippen molar-refractivity contribution < 1.29 is 22.3 Å². The Bertz CT molecular complexity index is 1040. The van der Waals surface area contributed by atoms with Gasteiger partial charge in [-0.15, -0.1) is 0 Å². The van der Waals surface area contributed by atoms with Gasteiger partial charge in [-0.1, -0.05) is 35.3 Å². The van der Waals surface area contributed by atoms with E-state index in [1.54, 1.807) is 19.1 Å². The summed E-state index contributed by atoms with van der Waals surface area (Å²) in [6.45, 7) is 2.73. The largest absolute Gasteiger partial charge is 0.379 e. The molecule has 0 radical (unpaired) electrons. The van der Waals surface area contributed by atoms with E-state index in [-0.39, 0.29) is 59.2 Å². The zero-order valence-electron chi connectivity index (χ0n) is 15.5. The first-order valence-electron chi connectivity index (χ1n) is 8.80. The molecule has 156 valence electrons. The average molecular weight is 461 g/mol. The summed E-state index contributed by atoms with van der Waals surface area (Å²) >= 11 is 12.3. The molecule has 0 atom stereocenters. The zero-order chi connectivity index (χ0) is 21.2. The first-order valence-corrected chi connectivity index (χ1v) is 11.0. The van der Waals surface area contributed by atoms with Crippen LogP contribution in [-0.4, -0.2) is 44.9 Å². The van der Waals surface area contributed by atoms with Crippen LogP contribution >= 0.6 is 23.2 Å². The molecule has 1 amide bonds. The number of sulfonamides is 1. The Balaban J connectivity index is 1.84. The lowest BCUT2D eigenvalue weighted by Gasteiger charge is -2.26. The normalized spacial score (nSPS) is 15.3. The highest BCUT2D eigenvalue weighted by Gasteiger charge is 2.30. The van der Waals surface area contributed by atoms with Gasteiger partial charge >= 0.3 is 0 Å². The summed E-state index contributed by atoms with van der Waals surface area (Å²) in [4.78, 5) is 12.4. The first kappa shape index (κ1) is 22.0. The Kier molecular flexibility index (Phi) is 6.80. The molecular formula is C19H19Cl2FN2O4S. The van der Waals surface area contributed by atoms with Crippen LogP contribution in [0.15, 0.2) is 35.2 Å². The van der Waals surface area contributed by atoms with Crippen molar-refractivity contribution in [1.29, 1.82) is 0 Å². The second-order valence-corrected chi connectivity index (χ2v) is 9.27. The van der Waals surface area contributed by atoms with Gasteiger partial charge in [0.15, 0.2) is 0 Å². The lowest BCUT2D eigenvalue weighted by molar-refractivity contribution is 0.0730. The minimum absolute atomic E-state index is 0.0123. The second kappa shape index (κ2) is 8.97. The molecular weight excluding hydrogens is 442 g/mol. The summed E-state index contributed by atoms with van der Waals surface area (Å²) in [6, 6.07) is 6.92. The topological polar surface area (TPSA) is 75.7 Å². The zero-order valence-corrected chi connectivity index (χ0v) is 17.9. The Hall–Kier alpha value is -1.71. The maximum Gasteiger partial charge on any atom is 0.253 e. The van der Waals surface area contributed by atoms with Gasteiger partial charge < -0.3 is 10.1 Å². The van der Waals surface area contributed by atoms with E-state index in [1.165, 1.54) is 22.5 Å². The molecule has 1 aliphatic rings. The Morgan fingerprint density at radius 3 is 2.52 bits per heavy atom. The fourth-order valence-electron chi connectivity index (χ4n) is 2.92. The standard InChI is InChI=1S/C19H19Cl2FN2O4S/c1-12-8-13(2-3-17(12)22)11-23-19(25)14-9-18(16(21)10-15(14)20)29(26,27)24-4-6-28-7-5-24/h2-3,8-10H,4-7,11H2,1H3,(H,23,25). The number of hydrogen-bond donors (Lipinski definition) is 1. The molecule has 0 bridgehead atoms. The molecule has 0 saturated carbocycles. The summed E-state index contributed by atoms with van der Waals surface area (Å²) in [6.07, 6.45) is 0. The number of morpholine rings is 1. The molecule has 3 rings (SSSR count). The van der Waals surface area contributed by atoms with E-state index in [1.807, 2.05) is 0 Å². The van der Waals surface area contributed by atoms with Crippen molar-refractivity contribution in [3.05, 3.63) is 62.9 Å². The van der Waals surface area contributed by atoms with E-state index in [4.69, 9.17) is 27.9 Å². The van der Waals surface area contributed by atoms with Crippen molar-refractivity contribution in [1.82, 2.24) is 9.62 Å². The highest BCUT2D eigenvalue weighted by molar-refractivity contribution is 7.89. The second-order valence-electron chi connectivity index (χ2n) is 6.55. The number of amides is 1. The molecule has 29 heavy (non-hydrogen) atoms. The van der Waals surface area contributed by atoms with E-state index >= 15 is 0 Å². The Labute approximate surface area is 178 Å². The van der Waals surface area contributed by atoms with Crippen LogP contribution in [0.2, 0.25) is 10.0 Å². The van der Waals surface area contributed by atoms with Crippen LogP contribution in [0.1, 0.15) is 21.5 Å². The molecule has 0 spiro atoms. The van der Waals surface area contributed by atoms with Crippen molar-refractivity contribution in [2.45, 2.75) is 18.4 Å². The van der Waals surface area contributed by atoms with Crippen LogP contribution in [0.3, 0.4) is 0 Å². The maximum absolute atomic E-state index is 13.4. The number of carbonyl (C=O) groups is 1. The van der Waals surface area contributed by atoms with Crippen LogP contribution in [0.4, 0.5) is 4.39 Å². The minimum Gasteiger partial charge on any atom is -0.379 e. The number of halogens is 3. The average Bonchev–Trinajstić information content (AvgIpc) is 2.69. The van der Waals surface area contributed by atoms with Gasteiger partial charge in [0.25, 0.3) is 5.91 Å². The number of hydrogen-bond acceptors (Lipinski definition) is 4. The van der Waals surface area contributed by atoms with Crippen LogP contribution < -0.4 is 5.32 Å². The van der Waals surface area contributed by atoms with Gasteiger partial charge in [0, 0.05) is 19.6 Å². The maximum atomic E-state index is 13.4. The van der Waals surface area contributed by atoms with E-state index < -0.39 is 15.9 Å². The predicted octanol–water partition coefficient (Wildman–Crippen LogP) is 3.39. The number of aryl methyl sites for hydroxylation is 1. The molecule has 10 heteroatoms. The predicted molar refractivity (Wildman–Crippen MR) is 108 cm³/mol.